The second-order valence-corrected chi connectivity index (χ2v) is 13.7. The van der Waals surface area contributed by atoms with Gasteiger partial charge in [0.15, 0.2) is 5.65 Å². The summed E-state index contributed by atoms with van der Waals surface area (Å²) < 4.78 is 8.56. The number of ether oxygens (including phenoxy) is 1. The zero-order valence-corrected chi connectivity index (χ0v) is 17.2. The second kappa shape index (κ2) is 7.27. The molecule has 0 amide bonds. The van der Waals surface area contributed by atoms with Crippen molar-refractivity contribution >= 4 is 35.2 Å². The van der Waals surface area contributed by atoms with Gasteiger partial charge in [0.1, 0.15) is 22.6 Å². The summed E-state index contributed by atoms with van der Waals surface area (Å²) in [4.78, 5) is 9.09. The number of halogens is 1. The van der Waals surface area contributed by atoms with Gasteiger partial charge in [-0.2, -0.15) is 0 Å². The van der Waals surface area contributed by atoms with Crippen molar-refractivity contribution in [2.45, 2.75) is 32.4 Å². The number of aromatic nitrogens is 3. The number of aromatic hydroxyl groups is 1. The van der Waals surface area contributed by atoms with E-state index in [2.05, 4.69) is 45.5 Å². The van der Waals surface area contributed by atoms with Crippen LogP contribution < -0.4 is 0 Å². The van der Waals surface area contributed by atoms with Gasteiger partial charge < -0.3 is 14.4 Å². The quantitative estimate of drug-likeness (QED) is 0.456. The molecule has 0 saturated heterocycles. The van der Waals surface area contributed by atoms with Gasteiger partial charge in [0.25, 0.3) is 0 Å². The Morgan fingerprint density at radius 2 is 1.92 bits per heavy atom. The Balaban J connectivity index is 1.90. The lowest BCUT2D eigenvalue weighted by molar-refractivity contribution is 0.0899. The Morgan fingerprint density at radius 1 is 1.20 bits per heavy atom. The lowest BCUT2D eigenvalue weighted by Gasteiger charge is -2.15. The Morgan fingerprint density at radius 3 is 2.60 bits per heavy atom. The lowest BCUT2D eigenvalue weighted by atomic mass is 10.1. The van der Waals surface area contributed by atoms with Crippen LogP contribution in [0.3, 0.4) is 0 Å². The highest BCUT2D eigenvalue weighted by Crippen LogP contribution is 2.30. The molecule has 2 aromatic heterocycles. The fourth-order valence-electron chi connectivity index (χ4n) is 2.52. The third-order valence-corrected chi connectivity index (χ3v) is 6.03. The van der Waals surface area contributed by atoms with Crippen molar-refractivity contribution < 1.29 is 9.84 Å². The van der Waals surface area contributed by atoms with Gasteiger partial charge in [-0.05, 0) is 39.7 Å². The van der Waals surface area contributed by atoms with Crippen LogP contribution in [0.15, 0.2) is 41.3 Å². The molecule has 0 radical (unpaired) electrons. The van der Waals surface area contributed by atoms with E-state index in [-0.39, 0.29) is 5.75 Å². The fraction of sp³-hybridized carbons (Fsp3) is 0.333. The number of fused-ring (bicyclic) bond motifs is 1. The van der Waals surface area contributed by atoms with E-state index >= 15 is 0 Å². The van der Waals surface area contributed by atoms with Crippen molar-refractivity contribution in [3.05, 3.63) is 41.3 Å². The van der Waals surface area contributed by atoms with Gasteiger partial charge in [-0.1, -0.05) is 31.8 Å². The third kappa shape index (κ3) is 4.48. The smallest absolute Gasteiger partial charge is 0.161 e. The summed E-state index contributed by atoms with van der Waals surface area (Å²) in [5.41, 5.74) is 3.56. The molecular weight excluding hydrogens is 398 g/mol. The normalized spacial score (nSPS) is 12.0. The molecule has 3 rings (SSSR count). The number of phenols is 1. The van der Waals surface area contributed by atoms with Crippen LogP contribution in [0.25, 0.3) is 22.3 Å². The van der Waals surface area contributed by atoms with Gasteiger partial charge in [-0.15, -0.1) is 0 Å². The van der Waals surface area contributed by atoms with Crippen LogP contribution in [-0.2, 0) is 11.5 Å². The van der Waals surface area contributed by atoms with Crippen LogP contribution in [0.4, 0.5) is 0 Å². The molecule has 0 spiro atoms. The Labute approximate surface area is 156 Å². The summed E-state index contributed by atoms with van der Waals surface area (Å²) >= 11 is 3.40. The van der Waals surface area contributed by atoms with E-state index in [4.69, 9.17) is 4.74 Å². The van der Waals surface area contributed by atoms with Crippen LogP contribution in [0, 0.1) is 0 Å². The van der Waals surface area contributed by atoms with E-state index in [0.29, 0.717) is 11.3 Å². The molecule has 132 valence electrons. The molecule has 5 nitrogen and oxygen atoms in total. The molecule has 0 aliphatic heterocycles. The van der Waals surface area contributed by atoms with Gasteiger partial charge in [0.05, 0.1) is 6.20 Å². The number of phenolic OH excluding ortho intramolecular Hbond substituents is 1. The predicted octanol–water partition coefficient (Wildman–Crippen LogP) is 4.88. The Bertz CT molecular complexity index is 872. The Kier molecular flexibility index (Phi) is 5.26. The number of benzene rings is 1. The number of hydrogen-bond donors (Lipinski definition) is 1. The zero-order valence-electron chi connectivity index (χ0n) is 14.7. The summed E-state index contributed by atoms with van der Waals surface area (Å²) in [5.74, 6) is 0.245. The van der Waals surface area contributed by atoms with Crippen molar-refractivity contribution in [2.24, 2.45) is 0 Å². The maximum Gasteiger partial charge on any atom is 0.161 e. The molecule has 1 N–H and O–H groups in total. The summed E-state index contributed by atoms with van der Waals surface area (Å²) in [6.07, 6.45) is 3.71. The number of hydrogen-bond acceptors (Lipinski definition) is 4. The van der Waals surface area contributed by atoms with Crippen LogP contribution >= 0.6 is 15.9 Å². The molecule has 0 bridgehead atoms. The van der Waals surface area contributed by atoms with Gasteiger partial charge >= 0.3 is 0 Å². The highest BCUT2D eigenvalue weighted by Gasteiger charge is 2.15. The van der Waals surface area contributed by atoms with Crippen LogP contribution in [0.5, 0.6) is 5.75 Å². The fourth-order valence-corrected chi connectivity index (χ4v) is 3.56. The molecule has 7 heteroatoms. The van der Waals surface area contributed by atoms with Crippen LogP contribution in [-0.4, -0.2) is 34.3 Å². The predicted molar refractivity (Wildman–Crippen MR) is 106 cm³/mol. The molecule has 0 atom stereocenters. The maximum atomic E-state index is 9.52. The van der Waals surface area contributed by atoms with Crippen LogP contribution in [0.2, 0.25) is 25.7 Å². The summed E-state index contributed by atoms with van der Waals surface area (Å²) in [7, 11) is -1.10. The van der Waals surface area contributed by atoms with E-state index in [1.807, 2.05) is 22.9 Å². The zero-order chi connectivity index (χ0) is 18.0. The van der Waals surface area contributed by atoms with Gasteiger partial charge in [-0.25, -0.2) is 9.97 Å². The first kappa shape index (κ1) is 18.1. The molecule has 0 saturated carbocycles. The number of nitrogens with zero attached hydrogens (tertiary/aromatic N) is 3. The third-order valence-electron chi connectivity index (χ3n) is 3.94. The second-order valence-electron chi connectivity index (χ2n) is 7.27. The van der Waals surface area contributed by atoms with E-state index < -0.39 is 8.07 Å². The highest BCUT2D eigenvalue weighted by molar-refractivity contribution is 9.10. The Hall–Kier alpha value is -1.70. The van der Waals surface area contributed by atoms with Gasteiger partial charge in [0, 0.05) is 26.4 Å². The molecule has 3 aromatic rings. The topological polar surface area (TPSA) is 60.2 Å². The van der Waals surface area contributed by atoms with Crippen molar-refractivity contribution in [1.29, 1.82) is 0 Å². The summed E-state index contributed by atoms with van der Waals surface area (Å²) in [6, 6.07) is 8.24. The van der Waals surface area contributed by atoms with E-state index in [1.165, 1.54) is 0 Å². The number of rotatable bonds is 6. The largest absolute Gasteiger partial charge is 0.508 e. The molecule has 1 aromatic carbocycles. The van der Waals surface area contributed by atoms with Crippen molar-refractivity contribution in [3.8, 4) is 16.9 Å². The van der Waals surface area contributed by atoms with Crippen molar-refractivity contribution in [2.75, 3.05) is 6.61 Å². The highest BCUT2D eigenvalue weighted by atomic mass is 79.9. The SMILES string of the molecule is C[Si](C)(C)CCOCn1cc(-c2ccc(O)cc2)c2nc(Br)cnc21. The first-order chi connectivity index (χ1) is 11.8. The molecule has 0 unspecified atom stereocenters. The molecular formula is C18H22BrN3O2Si. The standard InChI is InChI=1S/C18H22BrN3O2Si/c1-25(2,3)9-8-24-12-22-11-15(13-4-6-14(23)7-5-13)17-18(22)20-10-16(19)21-17/h4-7,10-11,23H,8-9,12H2,1-3H3. The molecule has 0 fully saturated rings. The summed E-state index contributed by atoms with van der Waals surface area (Å²) in [6.45, 7) is 8.23. The van der Waals surface area contributed by atoms with E-state index in [1.54, 1.807) is 18.3 Å². The van der Waals surface area contributed by atoms with Crippen molar-refractivity contribution in [3.63, 3.8) is 0 Å². The minimum Gasteiger partial charge on any atom is -0.508 e. The minimum absolute atomic E-state index is 0.245. The molecule has 0 aliphatic carbocycles. The first-order valence-corrected chi connectivity index (χ1v) is 12.7. The summed E-state index contributed by atoms with van der Waals surface area (Å²) in [5, 5.41) is 9.52. The molecule has 2 heterocycles. The van der Waals surface area contributed by atoms with Gasteiger partial charge in [0.2, 0.25) is 0 Å². The monoisotopic (exact) mass is 419 g/mol. The van der Waals surface area contributed by atoms with E-state index in [0.717, 1.165) is 34.9 Å². The van der Waals surface area contributed by atoms with Crippen molar-refractivity contribution in [1.82, 2.24) is 14.5 Å². The molecule has 25 heavy (non-hydrogen) atoms. The van der Waals surface area contributed by atoms with E-state index in [9.17, 15) is 5.11 Å². The van der Waals surface area contributed by atoms with Gasteiger partial charge in [-0.3, -0.25) is 0 Å². The lowest BCUT2D eigenvalue weighted by Crippen LogP contribution is -2.22. The average Bonchev–Trinajstić information content (AvgIpc) is 2.89. The average molecular weight is 420 g/mol. The van der Waals surface area contributed by atoms with Crippen LogP contribution in [0.1, 0.15) is 0 Å². The minimum atomic E-state index is -1.10. The first-order valence-electron chi connectivity index (χ1n) is 8.22. The maximum absolute atomic E-state index is 9.52. The molecule has 0 aliphatic rings.